The van der Waals surface area contributed by atoms with E-state index in [1.165, 1.54) is 0 Å². The van der Waals surface area contributed by atoms with Crippen LogP contribution in [0.3, 0.4) is 0 Å². The first-order valence-electron chi connectivity index (χ1n) is 4.29. The highest BCUT2D eigenvalue weighted by atomic mass is 32.2. The normalized spacial score (nSPS) is 9.27. The number of thiol groups is 1. The maximum atomic E-state index is 11.3. The van der Waals surface area contributed by atoms with E-state index in [0.29, 0.717) is 5.08 Å². The number of carbonyl (C=O) groups is 2. The second-order valence-electron chi connectivity index (χ2n) is 2.08. The van der Waals surface area contributed by atoms with Gasteiger partial charge in [-0.15, -0.1) is 0 Å². The Balaban J connectivity index is 4.13. The molecule has 2 amide bonds. The number of nitrogens with one attached hydrogen (secondary N) is 1. The Labute approximate surface area is 98.2 Å². The summed E-state index contributed by atoms with van der Waals surface area (Å²) in [5.41, 5.74) is 2.22. The highest BCUT2D eigenvalue weighted by Crippen LogP contribution is 2.09. The van der Waals surface area contributed by atoms with Gasteiger partial charge in [-0.25, -0.2) is 15.0 Å². The van der Waals surface area contributed by atoms with Crippen molar-refractivity contribution in [2.75, 3.05) is 18.3 Å². The Bertz CT molecular complexity index is 215. The molecule has 0 heterocycles. The Morgan fingerprint density at radius 2 is 1.93 bits per heavy atom. The van der Waals surface area contributed by atoms with E-state index in [-0.39, 0.29) is 13.2 Å². The van der Waals surface area contributed by atoms with Gasteiger partial charge in [-0.1, -0.05) is 0 Å². The van der Waals surface area contributed by atoms with Gasteiger partial charge in [-0.3, -0.25) is 0 Å². The van der Waals surface area contributed by atoms with E-state index in [1.807, 2.05) is 0 Å². The number of nitrogens with zero attached hydrogens (tertiary/aromatic N) is 1. The van der Waals surface area contributed by atoms with Crippen LogP contribution in [0.15, 0.2) is 0 Å². The molecule has 0 aromatic rings. The number of hydrogen-bond donors (Lipinski definition) is 2. The number of hydrogen-bond acceptors (Lipinski definition) is 6. The molecule has 0 radical (unpaired) electrons. The fourth-order valence-corrected chi connectivity index (χ4v) is 1.38. The fraction of sp³-hybridized carbons (Fsp3) is 0.714. The van der Waals surface area contributed by atoms with Crippen LogP contribution in [0.2, 0.25) is 0 Å². The van der Waals surface area contributed by atoms with Crippen LogP contribution in [0.1, 0.15) is 13.8 Å². The smallest absolute Gasteiger partial charge is 0.439 e. The van der Waals surface area contributed by atoms with Crippen LogP contribution >= 0.6 is 24.6 Å². The van der Waals surface area contributed by atoms with E-state index in [4.69, 9.17) is 4.74 Å². The molecular weight excluding hydrogens is 240 g/mol. The summed E-state index contributed by atoms with van der Waals surface area (Å²) in [7, 11) is 0. The molecule has 0 aliphatic carbocycles. The summed E-state index contributed by atoms with van der Waals surface area (Å²) >= 11 is 4.91. The van der Waals surface area contributed by atoms with Crippen LogP contribution in [0.4, 0.5) is 9.59 Å². The molecule has 1 N–H and O–H groups in total. The Hall–Kier alpha value is -0.760. The van der Waals surface area contributed by atoms with E-state index in [0.717, 1.165) is 16.4 Å². The van der Waals surface area contributed by atoms with Crippen molar-refractivity contribution >= 4 is 36.8 Å². The van der Waals surface area contributed by atoms with Gasteiger partial charge in [0, 0.05) is 0 Å². The van der Waals surface area contributed by atoms with Crippen molar-refractivity contribution < 1.29 is 19.1 Å². The van der Waals surface area contributed by atoms with E-state index in [9.17, 15) is 9.59 Å². The Kier molecular flexibility index (Phi) is 8.11. The van der Waals surface area contributed by atoms with Crippen LogP contribution in [0.25, 0.3) is 0 Å². The highest BCUT2D eigenvalue weighted by molar-refractivity contribution is 8.08. The molecule has 0 fully saturated rings. The van der Waals surface area contributed by atoms with Crippen LogP contribution in [-0.2, 0) is 9.47 Å². The summed E-state index contributed by atoms with van der Waals surface area (Å²) < 4.78 is 10.2. The van der Waals surface area contributed by atoms with E-state index >= 15 is 0 Å². The first-order chi connectivity index (χ1) is 7.15. The molecule has 0 aromatic heterocycles. The van der Waals surface area contributed by atoms with Crippen molar-refractivity contribution in [3.63, 3.8) is 0 Å². The summed E-state index contributed by atoms with van der Waals surface area (Å²) in [6.45, 7) is 3.80. The van der Waals surface area contributed by atoms with Gasteiger partial charge in [0.15, 0.2) is 0 Å². The lowest BCUT2D eigenvalue weighted by molar-refractivity contribution is 0.106. The van der Waals surface area contributed by atoms with Gasteiger partial charge in [0.2, 0.25) is 0 Å². The second kappa shape index (κ2) is 8.54. The monoisotopic (exact) mass is 254 g/mol. The van der Waals surface area contributed by atoms with Gasteiger partial charge in [0.25, 0.3) is 0 Å². The second-order valence-corrected chi connectivity index (χ2v) is 3.74. The molecule has 8 heteroatoms. The predicted octanol–water partition coefficient (Wildman–Crippen LogP) is 1.64. The summed E-state index contributed by atoms with van der Waals surface area (Å²) in [5.74, 6) is 0. The minimum absolute atomic E-state index is 0.229. The zero-order valence-electron chi connectivity index (χ0n) is 8.56. The first kappa shape index (κ1) is 14.2. The molecule has 0 unspecified atom stereocenters. The standard InChI is InChI=1S/C7H14N2O4S2/c1-3-12-6(10)8-9(15-5-14)7(11)13-4-2/h14H,3-5H2,1-2H3,(H,8,10). The number of carbonyl (C=O) groups excluding carboxylic acids is 2. The third-order valence-corrected chi connectivity index (χ3v) is 2.05. The molecule has 0 saturated carbocycles. The maximum Gasteiger partial charge on any atom is 0.439 e. The van der Waals surface area contributed by atoms with Crippen LogP contribution in [0.5, 0.6) is 0 Å². The van der Waals surface area contributed by atoms with E-state index in [1.54, 1.807) is 13.8 Å². The van der Waals surface area contributed by atoms with E-state index in [2.05, 4.69) is 22.8 Å². The molecular formula is C7H14N2O4S2. The average Bonchev–Trinajstić information content (AvgIpc) is 2.18. The number of ether oxygens (including phenoxy) is 2. The zero-order valence-corrected chi connectivity index (χ0v) is 10.3. The number of hydrazine groups is 1. The lowest BCUT2D eigenvalue weighted by Gasteiger charge is -2.19. The van der Waals surface area contributed by atoms with Crippen LogP contribution in [-0.4, -0.2) is 34.9 Å². The fourth-order valence-electron chi connectivity index (χ4n) is 0.617. The van der Waals surface area contributed by atoms with Crippen molar-refractivity contribution in [1.82, 2.24) is 9.84 Å². The molecule has 15 heavy (non-hydrogen) atoms. The van der Waals surface area contributed by atoms with Gasteiger partial charge in [-0.05, 0) is 25.8 Å². The molecule has 6 nitrogen and oxygen atoms in total. The molecule has 0 atom stereocenters. The van der Waals surface area contributed by atoms with Gasteiger partial charge >= 0.3 is 12.2 Å². The van der Waals surface area contributed by atoms with Gasteiger partial charge in [0.1, 0.15) is 0 Å². The van der Waals surface area contributed by atoms with Crippen molar-refractivity contribution in [2.24, 2.45) is 0 Å². The minimum Gasteiger partial charge on any atom is -0.449 e. The summed E-state index contributed by atoms with van der Waals surface area (Å²) in [4.78, 5) is 22.3. The molecule has 0 saturated heterocycles. The topological polar surface area (TPSA) is 67.9 Å². The molecule has 0 aliphatic rings. The van der Waals surface area contributed by atoms with Crippen molar-refractivity contribution in [2.45, 2.75) is 13.8 Å². The van der Waals surface area contributed by atoms with Gasteiger partial charge in [-0.2, -0.15) is 17.0 Å². The quantitative estimate of drug-likeness (QED) is 0.345. The van der Waals surface area contributed by atoms with Crippen LogP contribution < -0.4 is 5.43 Å². The molecule has 0 aromatic carbocycles. The zero-order chi connectivity index (χ0) is 11.7. The highest BCUT2D eigenvalue weighted by Gasteiger charge is 2.17. The van der Waals surface area contributed by atoms with Crippen molar-refractivity contribution in [3.8, 4) is 0 Å². The number of amides is 2. The third kappa shape index (κ3) is 6.34. The molecule has 0 rings (SSSR count). The summed E-state index contributed by atoms with van der Waals surface area (Å²) in [6, 6.07) is 0. The predicted molar refractivity (Wildman–Crippen MR) is 60.5 cm³/mol. The third-order valence-electron chi connectivity index (χ3n) is 1.09. The average molecular weight is 254 g/mol. The summed E-state index contributed by atoms with van der Waals surface area (Å²) in [5, 5.41) is 0.325. The minimum atomic E-state index is -0.708. The Morgan fingerprint density at radius 3 is 2.40 bits per heavy atom. The van der Waals surface area contributed by atoms with Gasteiger partial charge < -0.3 is 9.47 Å². The van der Waals surface area contributed by atoms with Crippen molar-refractivity contribution in [1.29, 1.82) is 0 Å². The molecule has 0 spiro atoms. The molecule has 88 valence electrons. The summed E-state index contributed by atoms with van der Waals surface area (Å²) in [6.07, 6.45) is -1.37. The lowest BCUT2D eigenvalue weighted by Crippen LogP contribution is -2.42. The molecule has 0 bridgehead atoms. The number of rotatable bonds is 4. The largest absolute Gasteiger partial charge is 0.449 e. The van der Waals surface area contributed by atoms with E-state index < -0.39 is 12.2 Å². The SMILES string of the molecule is CCOC(=O)NN(SCS)C(=O)OCC. The lowest BCUT2D eigenvalue weighted by atomic mass is 10.9. The van der Waals surface area contributed by atoms with Gasteiger partial charge in [0.05, 0.1) is 18.3 Å². The van der Waals surface area contributed by atoms with Crippen molar-refractivity contribution in [3.05, 3.63) is 0 Å². The maximum absolute atomic E-state index is 11.3. The Morgan fingerprint density at radius 1 is 1.33 bits per heavy atom. The van der Waals surface area contributed by atoms with Crippen LogP contribution in [0, 0.1) is 0 Å². The molecule has 0 aliphatic heterocycles. The first-order valence-corrected chi connectivity index (χ1v) is 5.87.